The van der Waals surface area contributed by atoms with E-state index in [2.05, 4.69) is 5.16 Å². The molecule has 1 N–H and O–H groups in total. The number of rotatable bonds is 4. The summed E-state index contributed by atoms with van der Waals surface area (Å²) >= 11 is 0. The smallest absolute Gasteiger partial charge is 0.192 e. The fraction of sp³-hybridized carbons (Fsp3) is 0.100. The molecule has 0 saturated carbocycles. The number of ketones is 1. The Balaban J connectivity index is 2.71. The second kappa shape index (κ2) is 4.91. The van der Waals surface area contributed by atoms with Crippen molar-refractivity contribution in [3.8, 4) is 0 Å². The third-order valence-corrected chi connectivity index (χ3v) is 1.71. The molecule has 1 rings (SSSR count). The van der Waals surface area contributed by atoms with Crippen LogP contribution < -0.4 is 0 Å². The number of hydrogen-bond acceptors (Lipinski definition) is 4. The lowest BCUT2D eigenvalue weighted by Gasteiger charge is -1.97. The van der Waals surface area contributed by atoms with Crippen LogP contribution in [0.5, 0.6) is 0 Å². The first-order valence-corrected chi connectivity index (χ1v) is 4.02. The maximum atomic E-state index is 11.3. The highest BCUT2D eigenvalue weighted by molar-refractivity contribution is 6.60. The summed E-state index contributed by atoms with van der Waals surface area (Å²) in [7, 11) is 0. The average molecular weight is 191 g/mol. The van der Waals surface area contributed by atoms with E-state index in [0.717, 1.165) is 5.56 Å². The van der Waals surface area contributed by atoms with Crippen LogP contribution in [0.1, 0.15) is 5.56 Å². The van der Waals surface area contributed by atoms with Crippen molar-refractivity contribution in [3.05, 3.63) is 35.9 Å². The molecule has 0 radical (unpaired) electrons. The van der Waals surface area contributed by atoms with Crippen molar-refractivity contribution < 1.29 is 14.8 Å². The van der Waals surface area contributed by atoms with Crippen molar-refractivity contribution in [2.24, 2.45) is 5.16 Å². The molecule has 4 nitrogen and oxygen atoms in total. The van der Waals surface area contributed by atoms with Gasteiger partial charge in [0.25, 0.3) is 0 Å². The molecule has 1 aromatic carbocycles. The molecular weight excluding hydrogens is 182 g/mol. The van der Waals surface area contributed by atoms with Crippen LogP contribution in [0.4, 0.5) is 0 Å². The number of nitrogens with zero attached hydrogens (tertiary/aromatic N) is 1. The van der Waals surface area contributed by atoms with Crippen molar-refractivity contribution >= 4 is 17.8 Å². The number of carbonyl (C=O) groups excluding carboxylic acids is 2. The molecular formula is C10H9NO3. The largest absolute Gasteiger partial charge is 0.410 e. The molecule has 0 bridgehead atoms. The molecule has 0 aliphatic heterocycles. The number of benzene rings is 1. The third-order valence-electron chi connectivity index (χ3n) is 1.71. The van der Waals surface area contributed by atoms with Gasteiger partial charge in [-0.1, -0.05) is 35.5 Å². The number of hydrogen-bond donors (Lipinski definition) is 1. The Morgan fingerprint density at radius 2 is 2.00 bits per heavy atom. The van der Waals surface area contributed by atoms with E-state index in [1.807, 2.05) is 6.07 Å². The molecule has 0 aromatic heterocycles. The van der Waals surface area contributed by atoms with Gasteiger partial charge < -0.3 is 5.21 Å². The standard InChI is InChI=1S/C10H9NO3/c12-7-9(11-14)10(13)6-8-4-2-1-3-5-8/h1-5,7,14H,6H2. The quantitative estimate of drug-likeness (QED) is 0.252. The molecule has 0 atom stereocenters. The Labute approximate surface area is 80.9 Å². The summed E-state index contributed by atoms with van der Waals surface area (Å²) in [5, 5.41) is 10.9. The van der Waals surface area contributed by atoms with E-state index in [-0.39, 0.29) is 12.7 Å². The predicted octanol–water partition coefficient (Wildman–Crippen LogP) is 0.827. The summed E-state index contributed by atoms with van der Waals surface area (Å²) in [6.45, 7) is 0. The molecule has 0 aliphatic carbocycles. The highest BCUT2D eigenvalue weighted by Crippen LogP contribution is 2.00. The Morgan fingerprint density at radius 3 is 2.50 bits per heavy atom. The molecule has 0 amide bonds. The molecule has 0 saturated heterocycles. The first-order valence-electron chi connectivity index (χ1n) is 4.02. The number of Topliss-reactive ketones (excluding diaryl/α,β-unsaturated/α-hetero) is 1. The third kappa shape index (κ3) is 2.52. The van der Waals surface area contributed by atoms with Gasteiger partial charge in [0.2, 0.25) is 0 Å². The van der Waals surface area contributed by atoms with E-state index in [4.69, 9.17) is 5.21 Å². The maximum absolute atomic E-state index is 11.3. The predicted molar refractivity (Wildman–Crippen MR) is 50.4 cm³/mol. The number of carbonyl (C=O) groups is 2. The molecule has 0 spiro atoms. The Kier molecular flexibility index (Phi) is 3.55. The first-order chi connectivity index (χ1) is 6.77. The average Bonchev–Trinajstić information content (AvgIpc) is 2.21. The van der Waals surface area contributed by atoms with Crippen molar-refractivity contribution in [1.29, 1.82) is 0 Å². The summed E-state index contributed by atoms with van der Waals surface area (Å²) in [5.74, 6) is -0.492. The van der Waals surface area contributed by atoms with Crippen LogP contribution in [0, 0.1) is 0 Å². The molecule has 0 aliphatic rings. The number of aldehydes is 1. The van der Waals surface area contributed by atoms with Crippen LogP contribution in [0.2, 0.25) is 0 Å². The van der Waals surface area contributed by atoms with Gasteiger partial charge in [-0.2, -0.15) is 0 Å². The van der Waals surface area contributed by atoms with Gasteiger partial charge in [-0.3, -0.25) is 9.59 Å². The van der Waals surface area contributed by atoms with E-state index in [9.17, 15) is 9.59 Å². The van der Waals surface area contributed by atoms with Crippen molar-refractivity contribution in [3.63, 3.8) is 0 Å². The van der Waals surface area contributed by atoms with Gasteiger partial charge in [-0.25, -0.2) is 0 Å². The second-order valence-corrected chi connectivity index (χ2v) is 2.69. The summed E-state index contributed by atoms with van der Waals surface area (Å²) in [6, 6.07) is 8.93. The van der Waals surface area contributed by atoms with Gasteiger partial charge in [-0.15, -0.1) is 0 Å². The summed E-state index contributed by atoms with van der Waals surface area (Å²) < 4.78 is 0. The van der Waals surface area contributed by atoms with Gasteiger partial charge in [0.05, 0.1) is 0 Å². The van der Waals surface area contributed by atoms with E-state index in [0.29, 0.717) is 0 Å². The van der Waals surface area contributed by atoms with Crippen LogP contribution in [-0.4, -0.2) is 23.0 Å². The monoisotopic (exact) mass is 191 g/mol. The minimum atomic E-state index is -0.492. The van der Waals surface area contributed by atoms with E-state index in [1.54, 1.807) is 24.3 Å². The molecule has 0 fully saturated rings. The zero-order valence-corrected chi connectivity index (χ0v) is 7.38. The van der Waals surface area contributed by atoms with Crippen LogP contribution in [0.25, 0.3) is 0 Å². The van der Waals surface area contributed by atoms with Gasteiger partial charge in [0.15, 0.2) is 17.8 Å². The zero-order chi connectivity index (χ0) is 10.4. The zero-order valence-electron chi connectivity index (χ0n) is 7.38. The topological polar surface area (TPSA) is 66.7 Å². The fourth-order valence-corrected chi connectivity index (χ4v) is 1.02. The SMILES string of the molecule is O=CC(=NO)C(=O)Cc1ccccc1. The van der Waals surface area contributed by atoms with E-state index < -0.39 is 11.5 Å². The molecule has 14 heavy (non-hydrogen) atoms. The lowest BCUT2D eigenvalue weighted by molar-refractivity contribution is -0.113. The van der Waals surface area contributed by atoms with Crippen LogP contribution in [-0.2, 0) is 16.0 Å². The van der Waals surface area contributed by atoms with E-state index in [1.165, 1.54) is 0 Å². The van der Waals surface area contributed by atoms with Crippen molar-refractivity contribution in [2.45, 2.75) is 6.42 Å². The van der Waals surface area contributed by atoms with Gasteiger partial charge in [0.1, 0.15) is 0 Å². The Bertz CT molecular complexity index is 357. The van der Waals surface area contributed by atoms with Crippen LogP contribution in [0.3, 0.4) is 0 Å². The minimum Gasteiger partial charge on any atom is -0.410 e. The summed E-state index contributed by atoms with van der Waals surface area (Å²) in [6.07, 6.45) is 0.310. The van der Waals surface area contributed by atoms with Gasteiger partial charge in [-0.05, 0) is 5.56 Å². The van der Waals surface area contributed by atoms with Gasteiger partial charge >= 0.3 is 0 Å². The van der Waals surface area contributed by atoms with Crippen molar-refractivity contribution in [2.75, 3.05) is 0 Å². The highest BCUT2D eigenvalue weighted by Gasteiger charge is 2.11. The first kappa shape index (κ1) is 10.1. The lowest BCUT2D eigenvalue weighted by Crippen LogP contribution is -2.17. The van der Waals surface area contributed by atoms with Crippen LogP contribution in [0.15, 0.2) is 35.5 Å². The second-order valence-electron chi connectivity index (χ2n) is 2.69. The van der Waals surface area contributed by atoms with Crippen LogP contribution >= 0.6 is 0 Å². The minimum absolute atomic E-state index is 0.0684. The summed E-state index contributed by atoms with van der Waals surface area (Å²) in [5.41, 5.74) is 0.328. The Morgan fingerprint density at radius 1 is 1.36 bits per heavy atom. The van der Waals surface area contributed by atoms with Gasteiger partial charge in [0, 0.05) is 6.42 Å². The number of oxime groups is 1. The molecule has 4 heteroatoms. The Hall–Kier alpha value is -1.97. The molecule has 1 aromatic rings. The normalized spacial score (nSPS) is 11.0. The maximum Gasteiger partial charge on any atom is 0.192 e. The molecule has 0 heterocycles. The molecule has 0 unspecified atom stereocenters. The van der Waals surface area contributed by atoms with E-state index >= 15 is 0 Å². The molecule has 72 valence electrons. The van der Waals surface area contributed by atoms with Crippen molar-refractivity contribution in [1.82, 2.24) is 0 Å². The fourth-order valence-electron chi connectivity index (χ4n) is 1.02. The lowest BCUT2D eigenvalue weighted by atomic mass is 10.1. The highest BCUT2D eigenvalue weighted by atomic mass is 16.4. The summed E-state index contributed by atoms with van der Waals surface area (Å²) in [4.78, 5) is 21.5.